The molecule has 0 bridgehead atoms. The van der Waals surface area contributed by atoms with Crippen molar-refractivity contribution >= 4 is 23.7 Å². The quantitative estimate of drug-likeness (QED) is 0.800. The smallest absolute Gasteiger partial charge is 0.339 e. The number of carboxylic acids is 2. The first-order chi connectivity index (χ1) is 8.38. The minimum atomic E-state index is -1.14. The molecular weight excluding hydrogens is 256 g/mol. The Balaban J connectivity index is 3.50. The summed E-state index contributed by atoms with van der Waals surface area (Å²) in [6.45, 7) is 3.78. The molecule has 0 unspecified atom stereocenters. The van der Waals surface area contributed by atoms with Crippen LogP contribution in [0.3, 0.4) is 0 Å². The third-order valence-corrected chi connectivity index (χ3v) is 3.24. The van der Waals surface area contributed by atoms with Crippen LogP contribution >= 0.6 is 11.8 Å². The van der Waals surface area contributed by atoms with Crippen molar-refractivity contribution in [2.24, 2.45) is 0 Å². The molecule has 0 aliphatic heterocycles. The molecule has 0 aliphatic rings. The fraction of sp³-hybridized carbons (Fsp3) is 0.333. The third-order valence-electron chi connectivity index (χ3n) is 2.13. The molecule has 18 heavy (non-hydrogen) atoms. The zero-order chi connectivity index (χ0) is 13.9. The molecule has 6 heteroatoms. The van der Waals surface area contributed by atoms with E-state index >= 15 is 0 Å². The van der Waals surface area contributed by atoms with Gasteiger partial charge in [0.25, 0.3) is 0 Å². The molecule has 5 nitrogen and oxygen atoms in total. The van der Waals surface area contributed by atoms with E-state index < -0.39 is 11.9 Å². The molecule has 1 rings (SSSR count). The second-order valence-corrected chi connectivity index (χ2v) is 5.39. The maximum absolute atomic E-state index is 11.1. The number of aromatic carboxylic acids is 2. The van der Waals surface area contributed by atoms with E-state index in [9.17, 15) is 9.59 Å². The third kappa shape index (κ3) is 2.95. The Bertz CT molecular complexity index is 482. The van der Waals surface area contributed by atoms with Gasteiger partial charge in [-0.1, -0.05) is 13.8 Å². The molecule has 2 N–H and O–H groups in total. The van der Waals surface area contributed by atoms with Crippen LogP contribution in [0.5, 0.6) is 5.75 Å². The molecule has 1 aromatic carbocycles. The van der Waals surface area contributed by atoms with E-state index in [2.05, 4.69) is 0 Å². The average Bonchev–Trinajstić information content (AvgIpc) is 2.26. The number of ether oxygens (including phenoxy) is 1. The summed E-state index contributed by atoms with van der Waals surface area (Å²) in [6.07, 6.45) is 0. The minimum Gasteiger partial charge on any atom is -0.495 e. The lowest BCUT2D eigenvalue weighted by Gasteiger charge is -2.15. The van der Waals surface area contributed by atoms with Crippen molar-refractivity contribution in [1.29, 1.82) is 0 Å². The Morgan fingerprint density at radius 2 is 1.67 bits per heavy atom. The highest BCUT2D eigenvalue weighted by molar-refractivity contribution is 8.00. The molecule has 1 aromatic rings. The monoisotopic (exact) mass is 270 g/mol. The molecule has 0 amide bonds. The van der Waals surface area contributed by atoms with Gasteiger partial charge in [-0.3, -0.25) is 0 Å². The maximum atomic E-state index is 11.1. The normalized spacial score (nSPS) is 10.4. The zero-order valence-electron chi connectivity index (χ0n) is 10.3. The van der Waals surface area contributed by atoms with Gasteiger partial charge in [-0.15, -0.1) is 11.8 Å². The standard InChI is InChI=1S/C12H14O5S/c1-6(2)18-10-8(12(15)16)5-4-7(11(13)14)9(10)17-3/h4-6H,1-3H3,(H,13,14)(H,15,16). The van der Waals surface area contributed by atoms with Gasteiger partial charge in [0.2, 0.25) is 0 Å². The van der Waals surface area contributed by atoms with Crippen molar-refractivity contribution in [2.45, 2.75) is 24.0 Å². The zero-order valence-corrected chi connectivity index (χ0v) is 11.1. The van der Waals surface area contributed by atoms with Gasteiger partial charge in [0, 0.05) is 5.25 Å². The first-order valence-electron chi connectivity index (χ1n) is 5.22. The van der Waals surface area contributed by atoms with Crippen LogP contribution in [0.25, 0.3) is 0 Å². The highest BCUT2D eigenvalue weighted by atomic mass is 32.2. The summed E-state index contributed by atoms with van der Waals surface area (Å²) < 4.78 is 5.06. The number of methoxy groups -OCH3 is 1. The predicted molar refractivity (Wildman–Crippen MR) is 67.9 cm³/mol. The summed E-state index contributed by atoms with van der Waals surface area (Å²) in [4.78, 5) is 22.5. The fourth-order valence-electron chi connectivity index (χ4n) is 1.45. The molecule has 0 aromatic heterocycles. The first-order valence-corrected chi connectivity index (χ1v) is 6.10. The predicted octanol–water partition coefficient (Wildman–Crippen LogP) is 2.59. The number of hydrogen-bond acceptors (Lipinski definition) is 4. The number of rotatable bonds is 5. The van der Waals surface area contributed by atoms with Crippen molar-refractivity contribution in [3.8, 4) is 5.75 Å². The molecule has 0 saturated heterocycles. The van der Waals surface area contributed by atoms with E-state index in [0.717, 1.165) is 0 Å². The number of hydrogen-bond donors (Lipinski definition) is 2. The van der Waals surface area contributed by atoms with Crippen LogP contribution in [0.15, 0.2) is 17.0 Å². The van der Waals surface area contributed by atoms with Crippen molar-refractivity contribution in [2.75, 3.05) is 7.11 Å². The Kier molecular flexibility index (Phi) is 4.61. The van der Waals surface area contributed by atoms with E-state index in [0.29, 0.717) is 4.90 Å². The Labute approximate surface area is 109 Å². The highest BCUT2D eigenvalue weighted by Gasteiger charge is 2.22. The first kappa shape index (κ1) is 14.4. The Hall–Kier alpha value is -1.69. The van der Waals surface area contributed by atoms with Crippen molar-refractivity contribution in [3.05, 3.63) is 23.3 Å². The molecule has 0 aliphatic carbocycles. The van der Waals surface area contributed by atoms with Crippen molar-refractivity contribution < 1.29 is 24.5 Å². The summed E-state index contributed by atoms with van der Waals surface area (Å²) in [7, 11) is 1.33. The fourth-order valence-corrected chi connectivity index (χ4v) is 2.51. The molecule has 0 saturated carbocycles. The van der Waals surface area contributed by atoms with Crippen LogP contribution in [0.2, 0.25) is 0 Å². The van der Waals surface area contributed by atoms with Gasteiger partial charge in [0.05, 0.1) is 17.6 Å². The molecular formula is C12H14O5S. The van der Waals surface area contributed by atoms with Crippen LogP contribution < -0.4 is 4.74 Å². The van der Waals surface area contributed by atoms with E-state index in [1.807, 2.05) is 13.8 Å². The van der Waals surface area contributed by atoms with Crippen LogP contribution in [0, 0.1) is 0 Å². The van der Waals surface area contributed by atoms with E-state index in [-0.39, 0.29) is 22.1 Å². The molecule has 0 radical (unpaired) electrons. The van der Waals surface area contributed by atoms with E-state index in [1.165, 1.54) is 31.0 Å². The molecule has 0 spiro atoms. The highest BCUT2D eigenvalue weighted by Crippen LogP contribution is 2.38. The summed E-state index contributed by atoms with van der Waals surface area (Å²) in [5.74, 6) is -2.15. The molecule has 0 heterocycles. The van der Waals surface area contributed by atoms with Gasteiger partial charge in [0.1, 0.15) is 11.3 Å². The minimum absolute atomic E-state index is 0.0364. The van der Waals surface area contributed by atoms with Crippen molar-refractivity contribution in [1.82, 2.24) is 0 Å². The lowest BCUT2D eigenvalue weighted by atomic mass is 10.1. The van der Waals surface area contributed by atoms with Gasteiger partial charge in [-0.2, -0.15) is 0 Å². The van der Waals surface area contributed by atoms with Crippen molar-refractivity contribution in [3.63, 3.8) is 0 Å². The van der Waals surface area contributed by atoms with E-state index in [1.54, 1.807) is 0 Å². The summed E-state index contributed by atoms with van der Waals surface area (Å²) in [5.41, 5.74) is 0.0150. The number of carboxylic acid groups (broad SMARTS) is 2. The largest absolute Gasteiger partial charge is 0.495 e. The number of benzene rings is 1. The summed E-state index contributed by atoms with van der Waals surface area (Å²) >= 11 is 1.27. The Morgan fingerprint density at radius 1 is 1.17 bits per heavy atom. The molecule has 0 fully saturated rings. The van der Waals surface area contributed by atoms with Gasteiger partial charge in [-0.05, 0) is 12.1 Å². The van der Waals surface area contributed by atoms with Crippen LogP contribution in [-0.4, -0.2) is 34.5 Å². The van der Waals surface area contributed by atoms with Crippen LogP contribution in [-0.2, 0) is 0 Å². The second-order valence-electron chi connectivity index (χ2n) is 3.80. The van der Waals surface area contributed by atoms with Gasteiger partial charge in [0.15, 0.2) is 0 Å². The summed E-state index contributed by atoms with van der Waals surface area (Å²) in [6, 6.07) is 2.54. The molecule has 98 valence electrons. The van der Waals surface area contributed by atoms with Gasteiger partial charge < -0.3 is 14.9 Å². The average molecular weight is 270 g/mol. The lowest BCUT2D eigenvalue weighted by molar-refractivity contribution is 0.0674. The molecule has 0 atom stereocenters. The topological polar surface area (TPSA) is 83.8 Å². The summed E-state index contributed by atoms with van der Waals surface area (Å²) in [5, 5.41) is 18.3. The van der Waals surface area contributed by atoms with E-state index in [4.69, 9.17) is 14.9 Å². The lowest BCUT2D eigenvalue weighted by Crippen LogP contribution is -2.08. The Morgan fingerprint density at radius 3 is 2.06 bits per heavy atom. The SMILES string of the molecule is COc1c(C(=O)O)ccc(C(=O)O)c1SC(C)C. The number of carbonyl (C=O) groups is 2. The van der Waals surface area contributed by atoms with Gasteiger partial charge in [-0.25, -0.2) is 9.59 Å². The second kappa shape index (κ2) is 5.77. The van der Waals surface area contributed by atoms with Crippen LogP contribution in [0.4, 0.5) is 0 Å². The van der Waals surface area contributed by atoms with Crippen LogP contribution in [0.1, 0.15) is 34.6 Å². The van der Waals surface area contributed by atoms with Gasteiger partial charge >= 0.3 is 11.9 Å². The maximum Gasteiger partial charge on any atom is 0.339 e. The number of thioether (sulfide) groups is 1.